The predicted octanol–water partition coefficient (Wildman–Crippen LogP) is 4.44. The summed E-state index contributed by atoms with van der Waals surface area (Å²) in [6.45, 7) is 3.56. The molecule has 2 aromatic carbocycles. The van der Waals surface area contributed by atoms with E-state index in [1.807, 2.05) is 0 Å². The van der Waals surface area contributed by atoms with Crippen molar-refractivity contribution in [3.63, 3.8) is 0 Å². The summed E-state index contributed by atoms with van der Waals surface area (Å²) in [4.78, 5) is 2.81. The third-order valence-corrected chi connectivity index (χ3v) is 7.21. The first-order chi connectivity index (χ1) is 11.4. The van der Waals surface area contributed by atoms with Crippen molar-refractivity contribution in [1.82, 2.24) is 4.90 Å². The molecule has 0 spiro atoms. The van der Waals surface area contributed by atoms with Gasteiger partial charge in [-0.25, -0.2) is 0 Å². The number of likely N-dealkylation sites (tertiary alicyclic amines) is 1. The number of nitrogens with zero attached hydrogens (tertiary/aromatic N) is 1. The van der Waals surface area contributed by atoms with Gasteiger partial charge in [0.05, 0.1) is 0 Å². The molecule has 0 saturated carbocycles. The van der Waals surface area contributed by atoms with Crippen LogP contribution in [-0.2, 0) is 0 Å². The van der Waals surface area contributed by atoms with Crippen molar-refractivity contribution < 1.29 is 0 Å². The van der Waals surface area contributed by atoms with E-state index < -0.39 is 0 Å². The molecule has 0 unspecified atom stereocenters. The number of unbranched alkanes of at least 4 members (excludes halogenated alkanes) is 1. The van der Waals surface area contributed by atoms with Crippen molar-refractivity contribution in [1.29, 1.82) is 0 Å². The number of rotatable bonds is 7. The van der Waals surface area contributed by atoms with E-state index in [1.54, 1.807) is 4.46 Å². The molecular formula is C21H27NSe. The second-order valence-corrected chi connectivity index (χ2v) is 8.67. The zero-order valence-electron chi connectivity index (χ0n) is 14.0. The van der Waals surface area contributed by atoms with Crippen LogP contribution >= 0.6 is 0 Å². The summed E-state index contributed by atoms with van der Waals surface area (Å²) in [5.74, 6) is 0. The fourth-order valence-electron chi connectivity index (χ4n) is 3.54. The van der Waals surface area contributed by atoms with Crippen LogP contribution in [0.15, 0.2) is 60.7 Å². The molecule has 1 aliphatic heterocycles. The fourth-order valence-corrected chi connectivity index (χ4v) is 5.83. The molecule has 0 radical (unpaired) electrons. The Morgan fingerprint density at radius 1 is 0.957 bits per heavy atom. The van der Waals surface area contributed by atoms with Gasteiger partial charge in [0.2, 0.25) is 0 Å². The Balaban J connectivity index is 1.67. The van der Waals surface area contributed by atoms with Crippen LogP contribution in [0.5, 0.6) is 0 Å². The first-order valence-corrected chi connectivity index (χ1v) is 10.9. The second-order valence-electron chi connectivity index (χ2n) is 6.37. The molecule has 2 atom stereocenters. The van der Waals surface area contributed by atoms with Crippen LogP contribution in [0, 0.1) is 0 Å². The molecule has 1 heterocycles. The molecule has 0 aliphatic carbocycles. The SMILES string of the molecule is CCCCN1[C@H](C[Se]c2ccccc2)CC[C@H]1c1ccccc1. The maximum absolute atomic E-state index is 2.81. The van der Waals surface area contributed by atoms with Gasteiger partial charge in [0, 0.05) is 0 Å². The van der Waals surface area contributed by atoms with Gasteiger partial charge in [-0.3, -0.25) is 0 Å². The second kappa shape index (κ2) is 8.68. The van der Waals surface area contributed by atoms with Crippen LogP contribution in [0.3, 0.4) is 0 Å². The quantitative estimate of drug-likeness (QED) is 0.650. The van der Waals surface area contributed by atoms with Gasteiger partial charge in [-0.2, -0.15) is 0 Å². The summed E-state index contributed by atoms with van der Waals surface area (Å²) in [7, 11) is 0. The Morgan fingerprint density at radius 2 is 1.65 bits per heavy atom. The van der Waals surface area contributed by atoms with Crippen LogP contribution in [-0.4, -0.2) is 32.4 Å². The van der Waals surface area contributed by atoms with E-state index >= 15 is 0 Å². The Hall–Kier alpha value is -1.08. The van der Waals surface area contributed by atoms with Gasteiger partial charge in [0.15, 0.2) is 0 Å². The van der Waals surface area contributed by atoms with Crippen LogP contribution in [0.4, 0.5) is 0 Å². The van der Waals surface area contributed by atoms with E-state index in [0.29, 0.717) is 21.0 Å². The van der Waals surface area contributed by atoms with Gasteiger partial charge in [-0.05, 0) is 0 Å². The van der Waals surface area contributed by atoms with Crippen LogP contribution in [0.25, 0.3) is 0 Å². The maximum atomic E-state index is 2.81. The normalized spacial score (nSPS) is 21.6. The van der Waals surface area contributed by atoms with Crippen LogP contribution < -0.4 is 4.46 Å². The third-order valence-electron chi connectivity index (χ3n) is 4.78. The van der Waals surface area contributed by atoms with E-state index in [0.717, 1.165) is 6.04 Å². The average molecular weight is 372 g/mol. The molecule has 0 N–H and O–H groups in total. The summed E-state index contributed by atoms with van der Waals surface area (Å²) in [6, 6.07) is 23.6. The zero-order valence-corrected chi connectivity index (χ0v) is 15.7. The van der Waals surface area contributed by atoms with Gasteiger partial charge in [0.25, 0.3) is 0 Å². The summed E-state index contributed by atoms with van der Waals surface area (Å²) in [5, 5.41) is 1.35. The molecular weight excluding hydrogens is 345 g/mol. The molecule has 3 rings (SSSR count). The number of hydrogen-bond donors (Lipinski definition) is 0. The molecule has 0 bridgehead atoms. The minimum absolute atomic E-state index is 0.599. The molecule has 1 aliphatic rings. The first kappa shape index (κ1) is 16.8. The van der Waals surface area contributed by atoms with E-state index in [9.17, 15) is 0 Å². The van der Waals surface area contributed by atoms with Crippen molar-refractivity contribution in [2.45, 2.75) is 50.0 Å². The van der Waals surface area contributed by atoms with Crippen molar-refractivity contribution >= 4 is 19.4 Å². The Morgan fingerprint density at radius 3 is 2.35 bits per heavy atom. The molecule has 2 aromatic rings. The van der Waals surface area contributed by atoms with E-state index in [1.165, 1.54) is 43.1 Å². The molecule has 1 saturated heterocycles. The van der Waals surface area contributed by atoms with Gasteiger partial charge < -0.3 is 0 Å². The summed E-state index contributed by atoms with van der Waals surface area (Å²) in [5.41, 5.74) is 1.51. The zero-order chi connectivity index (χ0) is 15.9. The van der Waals surface area contributed by atoms with Crippen molar-refractivity contribution in [2.75, 3.05) is 6.54 Å². The first-order valence-electron chi connectivity index (χ1n) is 8.87. The van der Waals surface area contributed by atoms with E-state index in [-0.39, 0.29) is 0 Å². The number of benzene rings is 2. The molecule has 23 heavy (non-hydrogen) atoms. The Bertz CT molecular complexity index is 569. The Kier molecular flexibility index (Phi) is 6.33. The van der Waals surface area contributed by atoms with Crippen LogP contribution in [0.2, 0.25) is 5.32 Å². The van der Waals surface area contributed by atoms with Crippen LogP contribution in [0.1, 0.15) is 44.2 Å². The summed E-state index contributed by atoms with van der Waals surface area (Å²) >= 11 is 0.599. The molecule has 0 amide bonds. The standard InChI is InChI=1S/C21H27NSe/c1-2-3-16-22-19(17-23-20-12-8-5-9-13-20)14-15-21(22)18-10-6-4-7-11-18/h4-13,19,21H,2-3,14-17H2,1H3/t19-,21-/m0/s1. The van der Waals surface area contributed by atoms with Crippen molar-refractivity contribution in [3.8, 4) is 0 Å². The third kappa shape index (κ3) is 4.47. The van der Waals surface area contributed by atoms with Gasteiger partial charge in [-0.15, -0.1) is 0 Å². The summed E-state index contributed by atoms with van der Waals surface area (Å²) < 4.78 is 1.54. The van der Waals surface area contributed by atoms with Gasteiger partial charge in [0.1, 0.15) is 0 Å². The van der Waals surface area contributed by atoms with E-state index in [2.05, 4.69) is 72.5 Å². The number of hydrogen-bond acceptors (Lipinski definition) is 1. The van der Waals surface area contributed by atoms with Gasteiger partial charge >= 0.3 is 147 Å². The molecule has 0 aromatic heterocycles. The molecule has 122 valence electrons. The van der Waals surface area contributed by atoms with E-state index in [4.69, 9.17) is 0 Å². The molecule has 1 fully saturated rings. The average Bonchev–Trinajstić information content (AvgIpc) is 3.02. The predicted molar refractivity (Wildman–Crippen MR) is 100 cm³/mol. The monoisotopic (exact) mass is 373 g/mol. The van der Waals surface area contributed by atoms with Gasteiger partial charge in [-0.1, -0.05) is 0 Å². The minimum atomic E-state index is 0.599. The summed E-state index contributed by atoms with van der Waals surface area (Å²) in [6.07, 6.45) is 5.29. The molecule has 2 heteroatoms. The Labute approximate surface area is 147 Å². The van der Waals surface area contributed by atoms with Crippen molar-refractivity contribution in [2.24, 2.45) is 0 Å². The topological polar surface area (TPSA) is 3.24 Å². The molecule has 1 nitrogen and oxygen atoms in total. The van der Waals surface area contributed by atoms with Crippen molar-refractivity contribution in [3.05, 3.63) is 66.2 Å². The fraction of sp³-hybridized carbons (Fsp3) is 0.429.